The number of nitrogens with zero attached hydrogens (tertiary/aromatic N) is 7. The van der Waals surface area contributed by atoms with E-state index in [4.69, 9.17) is 30.0 Å². The van der Waals surface area contributed by atoms with E-state index in [1.807, 2.05) is 0 Å². The molecule has 0 amide bonds. The van der Waals surface area contributed by atoms with Crippen molar-refractivity contribution in [3.63, 3.8) is 0 Å². The molecule has 2 fully saturated rings. The smallest absolute Gasteiger partial charge is 0.335 e. The van der Waals surface area contributed by atoms with Gasteiger partial charge in [0, 0.05) is 5.92 Å². The maximum atomic E-state index is 13.7. The number of aromatic nitrogens is 8. The van der Waals surface area contributed by atoms with Crippen molar-refractivity contribution in [2.24, 2.45) is 5.92 Å². The molecule has 2 aliphatic rings. The molecule has 0 spiro atoms. The molecule has 9 atom stereocenters. The third kappa shape index (κ3) is 5.34. The summed E-state index contributed by atoms with van der Waals surface area (Å²) in [6, 6.07) is 0. The van der Waals surface area contributed by atoms with Crippen LogP contribution in [0, 0.1) is 5.92 Å². The molecule has 20 nitrogen and oxygen atoms in total. The summed E-state index contributed by atoms with van der Waals surface area (Å²) in [6.07, 6.45) is -1.21. The third-order valence-corrected chi connectivity index (χ3v) is 9.78. The van der Waals surface area contributed by atoms with Gasteiger partial charge >= 0.3 is 15.9 Å². The third-order valence-electron chi connectivity index (χ3n) is 7.48. The first-order valence-electron chi connectivity index (χ1n) is 12.9. The minimum Gasteiger partial charge on any atom is -0.394 e. The molecule has 0 radical (unpaired) electrons. The quantitative estimate of drug-likeness (QED) is 0.123. The normalized spacial score (nSPS) is 29.8. The number of aromatic amines is 1. The summed E-state index contributed by atoms with van der Waals surface area (Å²) < 4.78 is 51.1. The van der Waals surface area contributed by atoms with Gasteiger partial charge in [-0.2, -0.15) is 4.98 Å². The van der Waals surface area contributed by atoms with Crippen molar-refractivity contribution in [3.05, 3.63) is 29.3 Å². The molecule has 4 aromatic rings. The zero-order chi connectivity index (χ0) is 30.6. The Morgan fingerprint density at radius 3 is 2.58 bits per heavy atom. The van der Waals surface area contributed by atoms with E-state index < -0.39 is 77.0 Å². The van der Waals surface area contributed by atoms with Gasteiger partial charge in [-0.15, -0.1) is 0 Å². The average molecular weight is 642 g/mol. The highest BCUT2D eigenvalue weighted by molar-refractivity contribution is 7.53. The molecule has 0 bridgehead atoms. The van der Waals surface area contributed by atoms with E-state index in [1.54, 1.807) is 11.5 Å². The fraction of sp³-hybridized carbons (Fsp3) is 0.524. The second-order valence-electron chi connectivity index (χ2n) is 10.1. The molecule has 0 aromatic carbocycles. The van der Waals surface area contributed by atoms with Crippen molar-refractivity contribution >= 4 is 49.9 Å². The number of nitrogens with one attached hydrogen (secondary N) is 1. The Balaban J connectivity index is 1.26. The number of rotatable bonds is 9. The number of ether oxygens (including phenoxy) is 2. The van der Waals surface area contributed by atoms with E-state index in [0.717, 1.165) is 0 Å². The number of aliphatic hydroxyl groups is 1. The highest BCUT2D eigenvalue weighted by Gasteiger charge is 2.51. The van der Waals surface area contributed by atoms with Gasteiger partial charge in [-0.25, -0.2) is 19.9 Å². The molecular weight excluding hydrogens is 614 g/mol. The second kappa shape index (κ2) is 11.3. The van der Waals surface area contributed by atoms with Crippen LogP contribution in [-0.2, 0) is 27.7 Å². The van der Waals surface area contributed by atoms with Gasteiger partial charge < -0.3 is 44.9 Å². The predicted molar refractivity (Wildman–Crippen MR) is 147 cm³/mol. The van der Waals surface area contributed by atoms with Crippen LogP contribution in [0.5, 0.6) is 0 Å². The number of aliphatic hydroxyl groups excluding tert-OH is 1. The summed E-state index contributed by atoms with van der Waals surface area (Å²) in [7, 11) is -8.06. The first-order valence-corrected chi connectivity index (χ1v) is 15.8. The number of fused-ring (bicyclic) bond motifs is 2. The van der Waals surface area contributed by atoms with Gasteiger partial charge in [-0.1, -0.05) is 6.92 Å². The van der Waals surface area contributed by atoms with Crippen LogP contribution >= 0.6 is 15.9 Å². The van der Waals surface area contributed by atoms with Gasteiger partial charge in [0.1, 0.15) is 35.9 Å². The van der Waals surface area contributed by atoms with Crippen LogP contribution in [0.25, 0.3) is 22.3 Å². The Kier molecular flexibility index (Phi) is 7.82. The second-order valence-corrected chi connectivity index (χ2v) is 12.9. The molecule has 0 aliphatic carbocycles. The summed E-state index contributed by atoms with van der Waals surface area (Å²) in [6.45, 7) is 0.710. The van der Waals surface area contributed by atoms with Crippen LogP contribution in [-0.4, -0.2) is 91.1 Å². The predicted octanol–water partition coefficient (Wildman–Crippen LogP) is -0.725. The number of nitrogen functional groups attached to an aromatic ring is 2. The number of imidazole rings is 2. The Morgan fingerprint density at radius 1 is 1.14 bits per heavy atom. The van der Waals surface area contributed by atoms with Crippen LogP contribution in [0.1, 0.15) is 25.8 Å². The highest BCUT2D eigenvalue weighted by Crippen LogP contribution is 2.57. The van der Waals surface area contributed by atoms with Crippen molar-refractivity contribution in [1.82, 2.24) is 39.0 Å². The van der Waals surface area contributed by atoms with E-state index in [2.05, 4.69) is 29.9 Å². The van der Waals surface area contributed by atoms with Gasteiger partial charge in [-0.05, 0) is 6.42 Å². The molecule has 2 saturated heterocycles. The fourth-order valence-electron chi connectivity index (χ4n) is 5.49. The average Bonchev–Trinajstić information content (AvgIpc) is 3.73. The Labute approximate surface area is 241 Å². The van der Waals surface area contributed by atoms with E-state index in [0.29, 0.717) is 11.2 Å². The monoisotopic (exact) mass is 642 g/mol. The molecule has 4 aromatic heterocycles. The molecule has 6 heterocycles. The molecule has 22 heteroatoms. The lowest BCUT2D eigenvalue weighted by Gasteiger charge is -2.26. The minimum absolute atomic E-state index is 0.00386. The lowest BCUT2D eigenvalue weighted by molar-refractivity contribution is -0.0403. The van der Waals surface area contributed by atoms with Crippen molar-refractivity contribution in [1.29, 1.82) is 0 Å². The molecule has 232 valence electrons. The van der Waals surface area contributed by atoms with Crippen LogP contribution < -0.4 is 17.0 Å². The largest absolute Gasteiger partial charge is 0.394 e. The lowest BCUT2D eigenvalue weighted by Crippen LogP contribution is -2.31. The summed E-state index contributed by atoms with van der Waals surface area (Å²) in [5, 5.41) is 9.76. The topological polar surface area (TPSA) is 291 Å². The number of nitrogens with two attached hydrogens (primary N) is 2. The summed E-state index contributed by atoms with van der Waals surface area (Å²) >= 11 is 0. The molecular formula is C21H28N10O10P2. The Bertz CT molecular complexity index is 1800. The SMILES string of the molecule is C[C@H]1[C@H](O[PH](=O)O)[C@@H](COP(=O)(O)[C@@H]2C[C@@H](CO)O[C@H]2n2cnc3c(=O)[nH]c(N)nc32)O[C@H]1n1cnc2c(N)ncnc21. The van der Waals surface area contributed by atoms with Crippen molar-refractivity contribution < 1.29 is 42.5 Å². The van der Waals surface area contributed by atoms with Gasteiger partial charge in [0.2, 0.25) is 5.95 Å². The number of hydrogen-bond donors (Lipinski definition) is 6. The molecule has 2 aliphatic heterocycles. The molecule has 6 rings (SSSR count). The maximum Gasteiger partial charge on any atom is 0.335 e. The Hall–Kier alpha value is -3.32. The molecule has 2 unspecified atom stereocenters. The highest BCUT2D eigenvalue weighted by atomic mass is 31.2. The summed E-state index contributed by atoms with van der Waals surface area (Å²) in [5.74, 6) is -0.631. The van der Waals surface area contributed by atoms with Crippen LogP contribution in [0.3, 0.4) is 0 Å². The first kappa shape index (κ1) is 29.7. The van der Waals surface area contributed by atoms with Gasteiger partial charge in [-0.3, -0.25) is 28.0 Å². The van der Waals surface area contributed by atoms with Crippen LogP contribution in [0.2, 0.25) is 0 Å². The van der Waals surface area contributed by atoms with Gasteiger partial charge in [0.25, 0.3) is 5.56 Å². The molecule has 0 saturated carbocycles. The minimum atomic E-state index is -4.60. The lowest BCUT2D eigenvalue weighted by atomic mass is 10.0. The zero-order valence-electron chi connectivity index (χ0n) is 22.3. The Morgan fingerprint density at radius 2 is 1.86 bits per heavy atom. The van der Waals surface area contributed by atoms with Crippen LogP contribution in [0.4, 0.5) is 11.8 Å². The van der Waals surface area contributed by atoms with Crippen molar-refractivity contribution in [2.45, 2.75) is 49.8 Å². The van der Waals surface area contributed by atoms with E-state index in [9.17, 15) is 28.8 Å². The van der Waals surface area contributed by atoms with Crippen LogP contribution in [0.15, 0.2) is 23.8 Å². The first-order chi connectivity index (χ1) is 20.5. The summed E-state index contributed by atoms with van der Waals surface area (Å²) in [4.78, 5) is 55.8. The van der Waals surface area contributed by atoms with Gasteiger partial charge in [0.05, 0.1) is 32.0 Å². The summed E-state index contributed by atoms with van der Waals surface area (Å²) in [5.41, 5.74) is 10.3. The molecule has 43 heavy (non-hydrogen) atoms. The van der Waals surface area contributed by atoms with Gasteiger partial charge in [0.15, 0.2) is 28.9 Å². The number of hydrogen-bond acceptors (Lipinski definition) is 15. The molecule has 8 N–H and O–H groups in total. The fourth-order valence-corrected chi connectivity index (χ4v) is 7.68. The van der Waals surface area contributed by atoms with E-state index >= 15 is 0 Å². The van der Waals surface area contributed by atoms with Crippen molar-refractivity contribution in [2.75, 3.05) is 24.7 Å². The van der Waals surface area contributed by atoms with E-state index in [-0.39, 0.29) is 29.4 Å². The standard InChI is InChI=1S/C21H28N10O10P2/c1-8-14(41-42(34)35)10(40-19(8)30-6-26-12-15(22)24-5-25-16(12)30)4-38-43(36,37)11-2-9(3-32)39-20(11)31-7-27-13-17(31)28-21(23)29-18(13)33/h5-11,14,19-20,32,42H,2-4H2,1H3,(H,34,35)(H,36,37)(H2,22,24,25)(H3,23,28,29,33)/t8-,9-,10+,11+,14-,19+,20+/m0/s1. The zero-order valence-corrected chi connectivity index (χ0v) is 24.2. The number of H-pyrrole nitrogens is 1. The number of anilines is 2. The van der Waals surface area contributed by atoms with Crippen molar-refractivity contribution in [3.8, 4) is 0 Å². The maximum absolute atomic E-state index is 13.7. The van der Waals surface area contributed by atoms with E-state index in [1.165, 1.54) is 23.5 Å².